The Balaban J connectivity index is 2.10. The molecular formula is C12H17ClN2. The van der Waals surface area contributed by atoms with Gasteiger partial charge in [0.15, 0.2) is 0 Å². The monoisotopic (exact) mass is 224 g/mol. The highest BCUT2D eigenvalue weighted by molar-refractivity contribution is 6.31. The fourth-order valence-electron chi connectivity index (χ4n) is 2.12. The summed E-state index contributed by atoms with van der Waals surface area (Å²) in [6.07, 6.45) is 2.94. The van der Waals surface area contributed by atoms with Gasteiger partial charge in [0.25, 0.3) is 0 Å². The number of hydrogen-bond acceptors (Lipinski definition) is 2. The highest BCUT2D eigenvalue weighted by Crippen LogP contribution is 2.24. The summed E-state index contributed by atoms with van der Waals surface area (Å²) in [5.41, 5.74) is 7.46. The molecule has 1 aromatic carbocycles. The Morgan fingerprint density at radius 2 is 1.93 bits per heavy atom. The first-order valence-corrected chi connectivity index (χ1v) is 5.80. The van der Waals surface area contributed by atoms with Crippen LogP contribution in [0.25, 0.3) is 0 Å². The molecule has 1 fully saturated rings. The number of rotatable bonds is 2. The minimum absolute atomic E-state index is 0.0732. The van der Waals surface area contributed by atoms with E-state index in [1.165, 1.54) is 5.56 Å². The van der Waals surface area contributed by atoms with E-state index in [1.807, 2.05) is 18.2 Å². The molecule has 0 aromatic heterocycles. The van der Waals surface area contributed by atoms with Crippen LogP contribution >= 0.6 is 11.6 Å². The van der Waals surface area contributed by atoms with Crippen LogP contribution in [0.4, 0.5) is 0 Å². The average Bonchev–Trinajstić information content (AvgIpc) is 2.22. The van der Waals surface area contributed by atoms with Crippen LogP contribution in [0.3, 0.4) is 0 Å². The Kier molecular flexibility index (Phi) is 3.29. The number of halogens is 1. The van der Waals surface area contributed by atoms with Gasteiger partial charge in [0.2, 0.25) is 0 Å². The lowest BCUT2D eigenvalue weighted by molar-refractivity contribution is 0.308. The van der Waals surface area contributed by atoms with E-state index in [9.17, 15) is 0 Å². The van der Waals surface area contributed by atoms with E-state index >= 15 is 0 Å². The predicted molar refractivity (Wildman–Crippen MR) is 64.2 cm³/mol. The van der Waals surface area contributed by atoms with Gasteiger partial charge in [-0.2, -0.15) is 0 Å². The maximum atomic E-state index is 6.36. The van der Waals surface area contributed by atoms with Crippen molar-refractivity contribution in [2.75, 3.05) is 13.1 Å². The van der Waals surface area contributed by atoms with Crippen molar-refractivity contribution in [2.24, 2.45) is 5.73 Å². The van der Waals surface area contributed by atoms with Gasteiger partial charge in [-0.3, -0.25) is 0 Å². The summed E-state index contributed by atoms with van der Waals surface area (Å²) in [6, 6.07) is 7.98. The first kappa shape index (κ1) is 10.9. The molecule has 82 valence electrons. The van der Waals surface area contributed by atoms with Gasteiger partial charge in [-0.1, -0.05) is 29.8 Å². The minimum Gasteiger partial charge on any atom is -0.325 e. The lowest BCUT2D eigenvalue weighted by Crippen LogP contribution is -2.50. The van der Waals surface area contributed by atoms with Crippen LogP contribution in [-0.2, 0) is 6.42 Å². The second kappa shape index (κ2) is 4.52. The van der Waals surface area contributed by atoms with Crippen LogP contribution in [0.1, 0.15) is 18.4 Å². The summed E-state index contributed by atoms with van der Waals surface area (Å²) in [7, 11) is 0. The van der Waals surface area contributed by atoms with Gasteiger partial charge >= 0.3 is 0 Å². The van der Waals surface area contributed by atoms with Crippen LogP contribution in [0.2, 0.25) is 5.02 Å². The highest BCUT2D eigenvalue weighted by Gasteiger charge is 2.27. The van der Waals surface area contributed by atoms with E-state index in [2.05, 4.69) is 11.4 Å². The maximum Gasteiger partial charge on any atom is 0.0438 e. The molecule has 2 nitrogen and oxygen atoms in total. The van der Waals surface area contributed by atoms with Crippen LogP contribution in [0.15, 0.2) is 24.3 Å². The first-order chi connectivity index (χ1) is 7.20. The molecule has 1 saturated heterocycles. The summed E-state index contributed by atoms with van der Waals surface area (Å²) in [4.78, 5) is 0. The third-order valence-corrected chi connectivity index (χ3v) is 3.47. The Morgan fingerprint density at radius 1 is 1.27 bits per heavy atom. The lowest BCUT2D eigenvalue weighted by Gasteiger charge is -2.34. The van der Waals surface area contributed by atoms with Crippen molar-refractivity contribution in [3.05, 3.63) is 34.9 Å². The molecule has 3 heteroatoms. The first-order valence-electron chi connectivity index (χ1n) is 5.43. The van der Waals surface area contributed by atoms with E-state index in [1.54, 1.807) is 0 Å². The third-order valence-electron chi connectivity index (χ3n) is 3.10. The second-order valence-corrected chi connectivity index (χ2v) is 4.79. The van der Waals surface area contributed by atoms with Gasteiger partial charge in [-0.05, 0) is 44.0 Å². The summed E-state index contributed by atoms with van der Waals surface area (Å²) in [5, 5.41) is 4.16. The average molecular weight is 225 g/mol. The van der Waals surface area contributed by atoms with Gasteiger partial charge in [0, 0.05) is 10.6 Å². The van der Waals surface area contributed by atoms with Crippen molar-refractivity contribution < 1.29 is 0 Å². The van der Waals surface area contributed by atoms with Gasteiger partial charge < -0.3 is 11.1 Å². The minimum atomic E-state index is -0.0732. The fourth-order valence-corrected chi connectivity index (χ4v) is 2.33. The van der Waals surface area contributed by atoms with E-state index in [0.29, 0.717) is 0 Å². The maximum absolute atomic E-state index is 6.36. The van der Waals surface area contributed by atoms with E-state index in [4.69, 9.17) is 17.3 Å². The quantitative estimate of drug-likeness (QED) is 0.806. The standard InChI is InChI=1S/C12H17ClN2/c13-11-4-2-1-3-10(11)9-12(14)5-7-15-8-6-12/h1-4,15H,5-9,14H2. The van der Waals surface area contributed by atoms with Crippen LogP contribution in [-0.4, -0.2) is 18.6 Å². The molecule has 0 atom stereocenters. The molecule has 1 aromatic rings. The van der Waals surface area contributed by atoms with E-state index < -0.39 is 0 Å². The third kappa shape index (κ3) is 2.71. The SMILES string of the molecule is NC1(Cc2ccccc2Cl)CCNCC1. The second-order valence-electron chi connectivity index (χ2n) is 4.38. The molecular weight excluding hydrogens is 208 g/mol. The van der Waals surface area contributed by atoms with E-state index in [0.717, 1.165) is 37.4 Å². The lowest BCUT2D eigenvalue weighted by atomic mass is 9.83. The largest absolute Gasteiger partial charge is 0.325 e. The van der Waals surface area contributed by atoms with Crippen molar-refractivity contribution in [3.8, 4) is 0 Å². The van der Waals surface area contributed by atoms with Crippen LogP contribution in [0, 0.1) is 0 Å². The van der Waals surface area contributed by atoms with Crippen molar-refractivity contribution in [3.63, 3.8) is 0 Å². The fraction of sp³-hybridized carbons (Fsp3) is 0.500. The summed E-state index contributed by atoms with van der Waals surface area (Å²) in [6.45, 7) is 2.03. The summed E-state index contributed by atoms with van der Waals surface area (Å²) in [5.74, 6) is 0. The molecule has 1 aliphatic heterocycles. The number of piperidine rings is 1. The zero-order valence-electron chi connectivity index (χ0n) is 8.80. The van der Waals surface area contributed by atoms with Crippen molar-refractivity contribution >= 4 is 11.6 Å². The molecule has 3 N–H and O–H groups in total. The molecule has 0 amide bonds. The highest BCUT2D eigenvalue weighted by atomic mass is 35.5. The van der Waals surface area contributed by atoms with Gasteiger partial charge in [-0.15, -0.1) is 0 Å². The Bertz CT molecular complexity index is 332. The normalized spacial score (nSPS) is 20.1. The molecule has 0 spiro atoms. The van der Waals surface area contributed by atoms with Crippen molar-refractivity contribution in [1.29, 1.82) is 0 Å². The predicted octanol–water partition coefficient (Wildman–Crippen LogP) is 1.96. The molecule has 2 rings (SSSR count). The van der Waals surface area contributed by atoms with E-state index in [-0.39, 0.29) is 5.54 Å². The van der Waals surface area contributed by atoms with Gasteiger partial charge in [-0.25, -0.2) is 0 Å². The molecule has 0 unspecified atom stereocenters. The number of nitrogens with two attached hydrogens (primary N) is 1. The molecule has 0 radical (unpaired) electrons. The smallest absolute Gasteiger partial charge is 0.0438 e. The van der Waals surface area contributed by atoms with Crippen LogP contribution < -0.4 is 11.1 Å². The molecule has 0 bridgehead atoms. The Labute approximate surface area is 95.8 Å². The Morgan fingerprint density at radius 3 is 2.60 bits per heavy atom. The van der Waals surface area contributed by atoms with Crippen molar-refractivity contribution in [1.82, 2.24) is 5.32 Å². The zero-order valence-corrected chi connectivity index (χ0v) is 9.56. The summed E-state index contributed by atoms with van der Waals surface area (Å²) >= 11 is 6.13. The molecule has 0 aliphatic carbocycles. The van der Waals surface area contributed by atoms with Gasteiger partial charge in [0.05, 0.1) is 0 Å². The number of benzene rings is 1. The number of nitrogens with one attached hydrogen (secondary N) is 1. The topological polar surface area (TPSA) is 38.0 Å². The zero-order chi connectivity index (χ0) is 10.7. The molecule has 0 saturated carbocycles. The van der Waals surface area contributed by atoms with Gasteiger partial charge in [0.1, 0.15) is 0 Å². The molecule has 15 heavy (non-hydrogen) atoms. The Hall–Kier alpha value is -0.570. The number of hydrogen-bond donors (Lipinski definition) is 2. The summed E-state index contributed by atoms with van der Waals surface area (Å²) < 4.78 is 0. The van der Waals surface area contributed by atoms with Crippen LogP contribution in [0.5, 0.6) is 0 Å². The van der Waals surface area contributed by atoms with Crippen molar-refractivity contribution in [2.45, 2.75) is 24.8 Å². The molecule has 1 aliphatic rings. The molecule has 1 heterocycles.